The Labute approximate surface area is 149 Å². The summed E-state index contributed by atoms with van der Waals surface area (Å²) in [5, 5.41) is 4.01. The highest BCUT2D eigenvalue weighted by Crippen LogP contribution is 2.32. The Morgan fingerprint density at radius 1 is 1.36 bits per heavy atom. The van der Waals surface area contributed by atoms with Crippen LogP contribution in [0.25, 0.3) is 0 Å². The minimum absolute atomic E-state index is 0.0534. The molecule has 0 radical (unpaired) electrons. The van der Waals surface area contributed by atoms with E-state index in [1.54, 1.807) is 6.92 Å². The van der Waals surface area contributed by atoms with E-state index in [4.69, 9.17) is 4.52 Å². The van der Waals surface area contributed by atoms with Crippen LogP contribution in [-0.2, 0) is 11.2 Å². The van der Waals surface area contributed by atoms with Crippen LogP contribution >= 0.6 is 0 Å². The molecule has 3 rings (SSSR count). The molecule has 1 aliphatic heterocycles. The smallest absolute Gasteiger partial charge is 0.259 e. The van der Waals surface area contributed by atoms with Gasteiger partial charge in [0.2, 0.25) is 5.91 Å². The van der Waals surface area contributed by atoms with Crippen LogP contribution < -0.4 is 0 Å². The highest BCUT2D eigenvalue weighted by atomic mass is 16.5. The molecule has 2 heterocycles. The molecule has 25 heavy (non-hydrogen) atoms. The normalized spacial score (nSPS) is 21.8. The van der Waals surface area contributed by atoms with E-state index in [1.165, 1.54) is 12.8 Å². The number of nitrogens with zero attached hydrogens (tertiary/aromatic N) is 3. The molecular formula is C19H29N3O3. The Balaban J connectivity index is 1.83. The second kappa shape index (κ2) is 7.18. The van der Waals surface area contributed by atoms with Crippen LogP contribution in [0.4, 0.5) is 0 Å². The maximum atomic E-state index is 13.1. The van der Waals surface area contributed by atoms with Crippen molar-refractivity contribution in [3.05, 3.63) is 17.0 Å². The number of hydrogen-bond acceptors (Lipinski definition) is 4. The third kappa shape index (κ3) is 3.72. The van der Waals surface area contributed by atoms with Gasteiger partial charge in [-0.1, -0.05) is 25.9 Å². The van der Waals surface area contributed by atoms with Gasteiger partial charge >= 0.3 is 0 Å². The van der Waals surface area contributed by atoms with E-state index in [9.17, 15) is 9.59 Å². The third-order valence-corrected chi connectivity index (χ3v) is 5.41. The average Bonchev–Trinajstić information content (AvgIpc) is 3.34. The maximum absolute atomic E-state index is 13.1. The van der Waals surface area contributed by atoms with Crippen molar-refractivity contribution in [2.75, 3.05) is 19.6 Å². The van der Waals surface area contributed by atoms with Crippen molar-refractivity contribution in [1.29, 1.82) is 0 Å². The Bertz CT molecular complexity index is 648. The second-order valence-electron chi connectivity index (χ2n) is 7.72. The van der Waals surface area contributed by atoms with E-state index in [-0.39, 0.29) is 17.9 Å². The van der Waals surface area contributed by atoms with E-state index in [2.05, 4.69) is 19.0 Å². The summed E-state index contributed by atoms with van der Waals surface area (Å²) in [6.45, 7) is 9.91. The van der Waals surface area contributed by atoms with Gasteiger partial charge in [-0.05, 0) is 38.0 Å². The molecule has 0 spiro atoms. The van der Waals surface area contributed by atoms with E-state index in [0.29, 0.717) is 54.8 Å². The van der Waals surface area contributed by atoms with Gasteiger partial charge in [-0.15, -0.1) is 0 Å². The Morgan fingerprint density at radius 2 is 2.08 bits per heavy atom. The second-order valence-corrected chi connectivity index (χ2v) is 7.72. The van der Waals surface area contributed by atoms with Crippen LogP contribution in [0, 0.1) is 18.8 Å². The van der Waals surface area contributed by atoms with Crippen LogP contribution in [0.2, 0.25) is 0 Å². The zero-order valence-electron chi connectivity index (χ0n) is 15.7. The molecule has 1 aromatic rings. The first-order valence-electron chi connectivity index (χ1n) is 9.46. The first-order valence-corrected chi connectivity index (χ1v) is 9.46. The van der Waals surface area contributed by atoms with E-state index < -0.39 is 0 Å². The number of amides is 2. The summed E-state index contributed by atoms with van der Waals surface area (Å²) in [5.41, 5.74) is 1.28. The van der Waals surface area contributed by atoms with Gasteiger partial charge in [0.25, 0.3) is 5.91 Å². The van der Waals surface area contributed by atoms with Gasteiger partial charge in [0, 0.05) is 26.1 Å². The molecule has 0 aromatic carbocycles. The lowest BCUT2D eigenvalue weighted by atomic mass is 10.0. The largest absolute Gasteiger partial charge is 0.361 e. The van der Waals surface area contributed by atoms with Crippen LogP contribution in [0.5, 0.6) is 0 Å². The lowest BCUT2D eigenvalue weighted by molar-refractivity contribution is -0.133. The van der Waals surface area contributed by atoms with Gasteiger partial charge in [-0.25, -0.2) is 0 Å². The summed E-state index contributed by atoms with van der Waals surface area (Å²) in [4.78, 5) is 29.7. The summed E-state index contributed by atoms with van der Waals surface area (Å²) >= 11 is 0. The number of aromatic nitrogens is 1. The first kappa shape index (κ1) is 18.0. The minimum atomic E-state index is -0.0534. The molecule has 2 aliphatic rings. The molecule has 138 valence electrons. The number of rotatable bonds is 5. The fourth-order valence-electron chi connectivity index (χ4n) is 3.64. The van der Waals surface area contributed by atoms with Crippen molar-refractivity contribution >= 4 is 11.8 Å². The van der Waals surface area contributed by atoms with Crippen molar-refractivity contribution < 1.29 is 14.1 Å². The molecule has 0 unspecified atom stereocenters. The molecule has 1 saturated heterocycles. The van der Waals surface area contributed by atoms with Crippen molar-refractivity contribution in [3.63, 3.8) is 0 Å². The van der Waals surface area contributed by atoms with E-state index in [1.807, 2.05) is 16.7 Å². The molecule has 2 fully saturated rings. The van der Waals surface area contributed by atoms with Gasteiger partial charge in [0.1, 0.15) is 11.3 Å². The Hall–Kier alpha value is -1.85. The van der Waals surface area contributed by atoms with Gasteiger partial charge in [0.15, 0.2) is 0 Å². The summed E-state index contributed by atoms with van der Waals surface area (Å²) in [5.74, 6) is 1.65. The van der Waals surface area contributed by atoms with E-state index in [0.717, 1.165) is 6.54 Å². The highest BCUT2D eigenvalue weighted by molar-refractivity contribution is 5.96. The maximum Gasteiger partial charge on any atom is 0.259 e. The molecule has 6 nitrogen and oxygen atoms in total. The molecule has 1 aliphatic carbocycles. The monoisotopic (exact) mass is 347 g/mol. The van der Waals surface area contributed by atoms with Crippen LogP contribution in [-0.4, -0.2) is 52.4 Å². The summed E-state index contributed by atoms with van der Waals surface area (Å²) in [6, 6.07) is 0.0739. The minimum Gasteiger partial charge on any atom is -0.361 e. The molecule has 1 atom stereocenters. The van der Waals surface area contributed by atoms with Crippen molar-refractivity contribution in [2.24, 2.45) is 11.8 Å². The quantitative estimate of drug-likeness (QED) is 0.821. The SMILES string of the molecule is CCc1noc(C)c1C(=O)N1CCC(=O)N(CC2CC2)[C@@H](C(C)C)C1. The number of carbonyl (C=O) groups excluding carboxylic acids is 2. The predicted molar refractivity (Wildman–Crippen MR) is 94.2 cm³/mol. The zero-order valence-corrected chi connectivity index (χ0v) is 15.7. The van der Waals surface area contributed by atoms with Crippen molar-refractivity contribution in [1.82, 2.24) is 15.0 Å². The topological polar surface area (TPSA) is 66.7 Å². The van der Waals surface area contributed by atoms with Gasteiger partial charge < -0.3 is 14.3 Å². The third-order valence-electron chi connectivity index (χ3n) is 5.41. The Kier molecular flexibility index (Phi) is 5.16. The summed E-state index contributed by atoms with van der Waals surface area (Å²) < 4.78 is 5.23. The van der Waals surface area contributed by atoms with Gasteiger partial charge in [-0.2, -0.15) is 0 Å². The fraction of sp³-hybridized carbons (Fsp3) is 0.737. The number of carbonyl (C=O) groups is 2. The van der Waals surface area contributed by atoms with Crippen LogP contribution in [0.1, 0.15) is 61.8 Å². The zero-order chi connectivity index (χ0) is 18.1. The lowest BCUT2D eigenvalue weighted by Crippen LogP contribution is -2.48. The van der Waals surface area contributed by atoms with Crippen LogP contribution in [0.3, 0.4) is 0 Å². The average molecular weight is 347 g/mol. The number of aryl methyl sites for hydroxylation is 2. The predicted octanol–water partition coefficient (Wildman–Crippen LogP) is 2.65. The molecule has 6 heteroatoms. The Morgan fingerprint density at radius 3 is 2.68 bits per heavy atom. The molecule has 1 aromatic heterocycles. The lowest BCUT2D eigenvalue weighted by Gasteiger charge is -2.34. The van der Waals surface area contributed by atoms with E-state index >= 15 is 0 Å². The standard InChI is InChI=1S/C19H29N3O3/c1-5-15-18(13(4)25-20-15)19(24)21-9-8-17(23)22(10-14-6-7-14)16(11-21)12(2)3/h12,14,16H,5-11H2,1-4H3/t16-/m1/s1. The molecule has 0 N–H and O–H groups in total. The van der Waals surface area contributed by atoms with Crippen LogP contribution in [0.15, 0.2) is 4.52 Å². The molecule has 1 saturated carbocycles. The highest BCUT2D eigenvalue weighted by Gasteiger charge is 2.37. The first-order chi connectivity index (χ1) is 11.9. The molecular weight excluding hydrogens is 318 g/mol. The van der Waals surface area contributed by atoms with Gasteiger partial charge in [-0.3, -0.25) is 9.59 Å². The fourth-order valence-corrected chi connectivity index (χ4v) is 3.64. The summed E-state index contributed by atoms with van der Waals surface area (Å²) in [6.07, 6.45) is 3.49. The molecule has 2 amide bonds. The van der Waals surface area contributed by atoms with Crippen molar-refractivity contribution in [2.45, 2.75) is 59.4 Å². The number of hydrogen-bond donors (Lipinski definition) is 0. The van der Waals surface area contributed by atoms with Gasteiger partial charge in [0.05, 0.1) is 11.7 Å². The molecule has 0 bridgehead atoms. The summed E-state index contributed by atoms with van der Waals surface area (Å²) in [7, 11) is 0. The van der Waals surface area contributed by atoms with Crippen molar-refractivity contribution in [3.8, 4) is 0 Å².